The van der Waals surface area contributed by atoms with Crippen LogP contribution in [0, 0.1) is 13.8 Å². The van der Waals surface area contributed by atoms with Crippen molar-refractivity contribution in [3.8, 4) is 22.9 Å². The van der Waals surface area contributed by atoms with Gasteiger partial charge in [0.15, 0.2) is 17.3 Å². The summed E-state index contributed by atoms with van der Waals surface area (Å²) in [6.45, 7) is 5.99. The number of rotatable bonds is 6. The normalized spacial score (nSPS) is 14.6. The first kappa shape index (κ1) is 24.1. The van der Waals surface area contributed by atoms with Crippen molar-refractivity contribution in [2.45, 2.75) is 26.8 Å². The van der Waals surface area contributed by atoms with Gasteiger partial charge in [-0.1, -0.05) is 18.2 Å². The van der Waals surface area contributed by atoms with Crippen LogP contribution in [0.3, 0.4) is 0 Å². The Bertz CT molecular complexity index is 1510. The number of benzene rings is 2. The number of allylic oxidation sites excluding steroid dienone is 1. The maximum Gasteiger partial charge on any atom is 0.255 e. The van der Waals surface area contributed by atoms with Crippen molar-refractivity contribution in [3.63, 3.8) is 0 Å². The number of nitrogens with one attached hydrogen (secondary N) is 2. The van der Waals surface area contributed by atoms with Crippen molar-refractivity contribution in [1.82, 2.24) is 19.7 Å². The lowest BCUT2D eigenvalue weighted by molar-refractivity contribution is -0.113. The number of hydrogen-bond donors (Lipinski definition) is 2. The predicted octanol–water partition coefficient (Wildman–Crippen LogP) is 4.90. The van der Waals surface area contributed by atoms with Crippen LogP contribution in [0.4, 0.5) is 11.6 Å². The molecule has 9 nitrogen and oxygen atoms in total. The van der Waals surface area contributed by atoms with Gasteiger partial charge >= 0.3 is 0 Å². The predicted molar refractivity (Wildman–Crippen MR) is 142 cm³/mol. The lowest BCUT2D eigenvalue weighted by Gasteiger charge is -2.29. The van der Waals surface area contributed by atoms with Crippen molar-refractivity contribution in [2.24, 2.45) is 0 Å². The van der Waals surface area contributed by atoms with Gasteiger partial charge in [0.1, 0.15) is 6.04 Å². The third-order valence-corrected chi connectivity index (χ3v) is 6.51. The molecule has 0 bridgehead atoms. The quantitative estimate of drug-likeness (QED) is 0.391. The van der Waals surface area contributed by atoms with Crippen molar-refractivity contribution >= 4 is 17.5 Å². The molecule has 0 radical (unpaired) electrons. The number of carbonyl (C=O) groups excluding carboxylic acids is 1. The second-order valence-corrected chi connectivity index (χ2v) is 8.88. The van der Waals surface area contributed by atoms with Crippen molar-refractivity contribution in [3.05, 3.63) is 88.9 Å². The zero-order valence-electron chi connectivity index (χ0n) is 21.4. The van der Waals surface area contributed by atoms with E-state index in [9.17, 15) is 4.79 Å². The highest BCUT2D eigenvalue weighted by Crippen LogP contribution is 2.40. The van der Waals surface area contributed by atoms with E-state index in [1.165, 1.54) is 5.56 Å². The zero-order chi connectivity index (χ0) is 26.1. The second-order valence-electron chi connectivity index (χ2n) is 8.88. The summed E-state index contributed by atoms with van der Waals surface area (Å²) in [5, 5.41) is 11.1. The Balaban J connectivity index is 1.64. The van der Waals surface area contributed by atoms with Crippen LogP contribution in [0.5, 0.6) is 11.5 Å². The highest BCUT2D eigenvalue weighted by molar-refractivity contribution is 6.06. The first-order chi connectivity index (χ1) is 17.9. The number of aryl methyl sites for hydroxylation is 2. The number of amides is 1. The molecule has 4 aromatic rings. The molecule has 1 aliphatic rings. The van der Waals surface area contributed by atoms with Gasteiger partial charge in [-0.05, 0) is 67.8 Å². The Morgan fingerprint density at radius 3 is 2.51 bits per heavy atom. The van der Waals surface area contributed by atoms with E-state index < -0.39 is 6.04 Å². The lowest BCUT2D eigenvalue weighted by atomic mass is 9.94. The van der Waals surface area contributed by atoms with Crippen LogP contribution >= 0.6 is 0 Å². The van der Waals surface area contributed by atoms with Crippen LogP contribution in [0.25, 0.3) is 11.4 Å². The molecule has 1 atom stereocenters. The maximum absolute atomic E-state index is 13.7. The highest BCUT2D eigenvalue weighted by atomic mass is 16.5. The molecule has 3 heterocycles. The number of hydrogen-bond acceptors (Lipinski definition) is 7. The van der Waals surface area contributed by atoms with E-state index in [0.29, 0.717) is 40.2 Å². The summed E-state index contributed by atoms with van der Waals surface area (Å²) in [6.07, 6.45) is 3.26. The highest BCUT2D eigenvalue weighted by Gasteiger charge is 2.35. The summed E-state index contributed by atoms with van der Waals surface area (Å²) in [7, 11) is 3.17. The molecule has 1 unspecified atom stereocenters. The van der Waals surface area contributed by atoms with Crippen LogP contribution in [-0.4, -0.2) is 39.9 Å². The summed E-state index contributed by atoms with van der Waals surface area (Å²) in [6, 6.07) is 14.7. The monoisotopic (exact) mass is 496 g/mol. The zero-order valence-corrected chi connectivity index (χ0v) is 21.4. The van der Waals surface area contributed by atoms with Gasteiger partial charge in [-0.25, -0.2) is 4.68 Å². The number of ether oxygens (including phenoxy) is 2. The average molecular weight is 497 g/mol. The molecule has 37 heavy (non-hydrogen) atoms. The fraction of sp³-hybridized carbons (Fsp3) is 0.214. The first-order valence-electron chi connectivity index (χ1n) is 11.8. The number of aromatic nitrogens is 4. The molecule has 0 spiro atoms. The van der Waals surface area contributed by atoms with E-state index >= 15 is 0 Å². The Kier molecular flexibility index (Phi) is 6.35. The molecule has 9 heteroatoms. The molecule has 0 saturated carbocycles. The molecule has 0 aliphatic carbocycles. The van der Waals surface area contributed by atoms with Gasteiger partial charge in [0.05, 0.1) is 31.7 Å². The molecule has 188 valence electrons. The largest absolute Gasteiger partial charge is 0.493 e. The second kappa shape index (κ2) is 9.77. The maximum atomic E-state index is 13.7. The molecular weight excluding hydrogens is 468 g/mol. The van der Waals surface area contributed by atoms with E-state index in [1.54, 1.807) is 43.4 Å². The first-order valence-corrected chi connectivity index (χ1v) is 11.8. The SMILES string of the molecule is COc1ccc(C2C(C(=O)Nc3cccnc3)=C(C)Nc3nc(-c4ccc(C)c(C)c4)nn32)cc1OC. The fourth-order valence-electron chi connectivity index (χ4n) is 4.41. The minimum Gasteiger partial charge on any atom is -0.493 e. The Morgan fingerprint density at radius 2 is 1.81 bits per heavy atom. The Labute approximate surface area is 215 Å². The van der Waals surface area contributed by atoms with Crippen molar-refractivity contribution in [2.75, 3.05) is 24.9 Å². The van der Waals surface area contributed by atoms with Crippen LogP contribution in [0.1, 0.15) is 29.7 Å². The molecule has 1 amide bonds. The number of nitrogens with zero attached hydrogens (tertiary/aromatic N) is 4. The van der Waals surface area contributed by atoms with Crippen LogP contribution in [-0.2, 0) is 4.79 Å². The number of anilines is 2. The Hall–Kier alpha value is -4.66. The minimum atomic E-state index is -0.569. The topological polar surface area (TPSA) is 103 Å². The molecule has 0 fully saturated rings. The summed E-state index contributed by atoms with van der Waals surface area (Å²) < 4.78 is 12.7. The van der Waals surface area contributed by atoms with Crippen LogP contribution in [0.15, 0.2) is 72.2 Å². The summed E-state index contributed by atoms with van der Waals surface area (Å²) in [5.74, 6) is 1.99. The van der Waals surface area contributed by atoms with E-state index in [0.717, 1.165) is 16.7 Å². The molecule has 1 aliphatic heterocycles. The number of pyridine rings is 1. The van der Waals surface area contributed by atoms with Gasteiger partial charge in [-0.2, -0.15) is 4.98 Å². The number of fused-ring (bicyclic) bond motifs is 1. The standard InChI is InChI=1S/C28H28N6O3/c1-16-8-9-20(13-17(16)2)26-32-28-30-18(3)24(27(35)31-21-7-6-12-29-15-21)25(34(28)33-26)19-10-11-22(36-4)23(14-19)37-5/h6-15,25H,1-5H3,(H,31,35)(H,30,32,33). The van der Waals surface area contributed by atoms with Crippen LogP contribution < -0.4 is 20.1 Å². The summed E-state index contributed by atoms with van der Waals surface area (Å²) in [5.41, 5.74) is 5.82. The molecule has 2 aromatic heterocycles. The lowest BCUT2D eigenvalue weighted by Crippen LogP contribution is -2.31. The fourth-order valence-corrected chi connectivity index (χ4v) is 4.41. The van der Waals surface area contributed by atoms with E-state index in [4.69, 9.17) is 19.6 Å². The van der Waals surface area contributed by atoms with Gasteiger partial charge in [-0.15, -0.1) is 5.10 Å². The van der Waals surface area contributed by atoms with Crippen molar-refractivity contribution < 1.29 is 14.3 Å². The third-order valence-electron chi connectivity index (χ3n) is 6.51. The molecule has 5 rings (SSSR count). The Morgan fingerprint density at radius 1 is 1.00 bits per heavy atom. The van der Waals surface area contributed by atoms with Gasteiger partial charge in [0, 0.05) is 17.5 Å². The molecule has 2 aromatic carbocycles. The van der Waals surface area contributed by atoms with Gasteiger partial charge in [-0.3, -0.25) is 9.78 Å². The minimum absolute atomic E-state index is 0.272. The van der Waals surface area contributed by atoms with Crippen molar-refractivity contribution in [1.29, 1.82) is 0 Å². The smallest absolute Gasteiger partial charge is 0.255 e. The van der Waals surface area contributed by atoms with Gasteiger partial charge in [0.25, 0.3) is 5.91 Å². The number of carbonyl (C=O) groups is 1. The number of methoxy groups -OCH3 is 2. The average Bonchev–Trinajstić information content (AvgIpc) is 3.33. The molecule has 2 N–H and O–H groups in total. The van der Waals surface area contributed by atoms with Gasteiger partial charge in [0.2, 0.25) is 5.95 Å². The van der Waals surface area contributed by atoms with E-state index in [-0.39, 0.29) is 5.91 Å². The van der Waals surface area contributed by atoms with E-state index in [1.807, 2.05) is 31.2 Å². The molecular formula is C28H28N6O3. The van der Waals surface area contributed by atoms with Crippen LogP contribution in [0.2, 0.25) is 0 Å². The third kappa shape index (κ3) is 4.51. The summed E-state index contributed by atoms with van der Waals surface area (Å²) >= 11 is 0. The molecule has 0 saturated heterocycles. The van der Waals surface area contributed by atoms with E-state index in [2.05, 4.69) is 41.6 Å². The summed E-state index contributed by atoms with van der Waals surface area (Å²) in [4.78, 5) is 22.5. The van der Waals surface area contributed by atoms with Gasteiger partial charge < -0.3 is 20.1 Å².